The van der Waals surface area contributed by atoms with E-state index in [2.05, 4.69) is 4.99 Å². The molecule has 5 nitrogen and oxygen atoms in total. The van der Waals surface area contributed by atoms with Crippen molar-refractivity contribution in [3.05, 3.63) is 23.9 Å². The molecule has 2 heterocycles. The number of allylic oxidation sites excluding steroid dienone is 2. The highest BCUT2D eigenvalue weighted by atomic mass is 19.4. The van der Waals surface area contributed by atoms with Gasteiger partial charge in [0.15, 0.2) is 0 Å². The van der Waals surface area contributed by atoms with Crippen LogP contribution in [0.15, 0.2) is 28.9 Å². The van der Waals surface area contributed by atoms with Gasteiger partial charge in [0, 0.05) is 6.20 Å². The number of amides is 1. The number of carbonyl (C=O) groups excluding carboxylic acids is 1. The number of fused-ring (bicyclic) bond motifs is 1. The molecule has 96 valence electrons. The van der Waals surface area contributed by atoms with Gasteiger partial charge in [0.05, 0.1) is 12.0 Å². The number of carboxylic acid groups (broad SMARTS) is 1. The molecule has 1 amide bonds. The lowest BCUT2D eigenvalue weighted by atomic mass is 10.1. The normalized spacial score (nSPS) is 23.4. The summed E-state index contributed by atoms with van der Waals surface area (Å²) in [5.41, 5.74) is -0.984. The average molecular weight is 260 g/mol. The van der Waals surface area contributed by atoms with E-state index in [-0.39, 0.29) is 5.84 Å². The van der Waals surface area contributed by atoms with Crippen LogP contribution >= 0.6 is 0 Å². The number of carboxylic acids is 1. The smallest absolute Gasteiger partial charge is 0.417 e. The molecule has 0 spiro atoms. The Kier molecular flexibility index (Phi) is 2.72. The number of rotatable bonds is 1. The van der Waals surface area contributed by atoms with Gasteiger partial charge in [0.2, 0.25) is 5.91 Å². The predicted octanol–water partition coefficient (Wildman–Crippen LogP) is 1.09. The highest BCUT2D eigenvalue weighted by Crippen LogP contribution is 2.31. The van der Waals surface area contributed by atoms with Crippen LogP contribution in [0, 0.1) is 0 Å². The van der Waals surface area contributed by atoms with Gasteiger partial charge in [-0.1, -0.05) is 0 Å². The minimum absolute atomic E-state index is 0.0911. The van der Waals surface area contributed by atoms with Crippen molar-refractivity contribution in [2.75, 3.05) is 0 Å². The maximum atomic E-state index is 12.5. The zero-order valence-corrected chi connectivity index (χ0v) is 8.81. The Labute approximate surface area is 98.9 Å². The zero-order valence-electron chi connectivity index (χ0n) is 8.81. The van der Waals surface area contributed by atoms with E-state index in [4.69, 9.17) is 5.11 Å². The number of hydrogen-bond donors (Lipinski definition) is 1. The molecule has 0 aromatic rings. The topological polar surface area (TPSA) is 70.0 Å². The van der Waals surface area contributed by atoms with E-state index >= 15 is 0 Å². The second kappa shape index (κ2) is 3.97. The Hall–Kier alpha value is -2.12. The fraction of sp³-hybridized carbons (Fsp3) is 0.300. The van der Waals surface area contributed by atoms with Gasteiger partial charge in [0.1, 0.15) is 11.9 Å². The van der Waals surface area contributed by atoms with E-state index in [0.717, 1.165) is 17.1 Å². The minimum Gasteiger partial charge on any atom is -0.480 e. The Balaban J connectivity index is 2.42. The molecule has 0 aromatic carbocycles. The largest absolute Gasteiger partial charge is 0.480 e. The number of aliphatic imine (C=N–C) groups is 1. The van der Waals surface area contributed by atoms with Crippen molar-refractivity contribution in [1.82, 2.24) is 4.90 Å². The summed E-state index contributed by atoms with van der Waals surface area (Å²) in [6.45, 7) is 0. The third kappa shape index (κ3) is 2.13. The summed E-state index contributed by atoms with van der Waals surface area (Å²) in [7, 11) is 0. The van der Waals surface area contributed by atoms with Crippen LogP contribution in [-0.4, -0.2) is 39.9 Å². The Morgan fingerprint density at radius 1 is 1.44 bits per heavy atom. The summed E-state index contributed by atoms with van der Waals surface area (Å²) >= 11 is 0. The number of alkyl halides is 3. The molecule has 2 aliphatic heterocycles. The number of hydrogen-bond acceptors (Lipinski definition) is 3. The van der Waals surface area contributed by atoms with Crippen molar-refractivity contribution in [3.8, 4) is 0 Å². The second-order valence-corrected chi connectivity index (χ2v) is 3.74. The molecular formula is C10H7F3N2O3. The third-order valence-corrected chi connectivity index (χ3v) is 2.51. The quantitative estimate of drug-likeness (QED) is 0.766. The number of carbonyl (C=O) groups is 2. The second-order valence-electron chi connectivity index (χ2n) is 3.74. The maximum absolute atomic E-state index is 12.5. The first kappa shape index (κ1) is 12.3. The summed E-state index contributed by atoms with van der Waals surface area (Å²) < 4.78 is 37.5. The number of nitrogens with zero attached hydrogens (tertiary/aromatic N) is 2. The molecule has 1 unspecified atom stereocenters. The molecule has 1 N–H and O–H groups in total. The molecule has 0 fully saturated rings. The van der Waals surface area contributed by atoms with Crippen LogP contribution in [0.1, 0.15) is 6.42 Å². The standard InChI is InChI=1S/C10H7F3N2O3/c11-10(12,13)5-1-2-7-14-8(16)3-6(9(17)18)15(7)4-5/h1-2,4,6H,3H2,(H,17,18). The van der Waals surface area contributed by atoms with Gasteiger partial charge >= 0.3 is 12.1 Å². The Morgan fingerprint density at radius 3 is 2.67 bits per heavy atom. The van der Waals surface area contributed by atoms with Crippen molar-refractivity contribution in [1.29, 1.82) is 0 Å². The Morgan fingerprint density at radius 2 is 2.11 bits per heavy atom. The molecule has 0 aliphatic carbocycles. The average Bonchev–Trinajstić information content (AvgIpc) is 2.25. The first-order chi connectivity index (χ1) is 8.29. The fourth-order valence-electron chi connectivity index (χ4n) is 1.67. The summed E-state index contributed by atoms with van der Waals surface area (Å²) in [6.07, 6.45) is -2.63. The van der Waals surface area contributed by atoms with Crippen molar-refractivity contribution in [3.63, 3.8) is 0 Å². The van der Waals surface area contributed by atoms with E-state index in [0.29, 0.717) is 6.20 Å². The van der Waals surface area contributed by atoms with Gasteiger partial charge < -0.3 is 10.0 Å². The summed E-state index contributed by atoms with van der Waals surface area (Å²) in [4.78, 5) is 26.4. The lowest BCUT2D eigenvalue weighted by Crippen LogP contribution is -2.47. The van der Waals surface area contributed by atoms with E-state index in [1.165, 1.54) is 0 Å². The highest BCUT2D eigenvalue weighted by molar-refractivity contribution is 6.07. The van der Waals surface area contributed by atoms with Crippen LogP contribution in [-0.2, 0) is 9.59 Å². The minimum atomic E-state index is -4.58. The molecule has 2 aliphatic rings. The molecule has 0 bridgehead atoms. The lowest BCUT2D eigenvalue weighted by Gasteiger charge is -2.32. The molecule has 0 aromatic heterocycles. The van der Waals surface area contributed by atoms with Crippen LogP contribution in [0.3, 0.4) is 0 Å². The molecule has 0 radical (unpaired) electrons. The molecule has 0 saturated heterocycles. The zero-order chi connectivity index (χ0) is 13.5. The van der Waals surface area contributed by atoms with Crippen LogP contribution in [0.25, 0.3) is 0 Å². The highest BCUT2D eigenvalue weighted by Gasteiger charge is 2.39. The third-order valence-electron chi connectivity index (χ3n) is 2.51. The number of aliphatic carboxylic acids is 1. The maximum Gasteiger partial charge on any atom is 0.417 e. The summed E-state index contributed by atoms with van der Waals surface area (Å²) in [5.74, 6) is -2.13. The Bertz CT molecular complexity index is 505. The van der Waals surface area contributed by atoms with Gasteiger partial charge in [-0.15, -0.1) is 0 Å². The van der Waals surface area contributed by atoms with E-state index in [1.807, 2.05) is 0 Å². The van der Waals surface area contributed by atoms with Crippen molar-refractivity contribution in [2.24, 2.45) is 4.99 Å². The van der Waals surface area contributed by atoms with Gasteiger partial charge in [-0.25, -0.2) is 4.79 Å². The predicted molar refractivity (Wildman–Crippen MR) is 53.6 cm³/mol. The summed E-state index contributed by atoms with van der Waals surface area (Å²) in [6, 6.07) is -1.35. The van der Waals surface area contributed by atoms with Gasteiger partial charge in [-0.3, -0.25) is 4.79 Å². The first-order valence-electron chi connectivity index (χ1n) is 4.89. The summed E-state index contributed by atoms with van der Waals surface area (Å²) in [5, 5.41) is 8.90. The fourth-order valence-corrected chi connectivity index (χ4v) is 1.67. The van der Waals surface area contributed by atoms with Crippen molar-refractivity contribution >= 4 is 17.7 Å². The van der Waals surface area contributed by atoms with E-state index in [9.17, 15) is 22.8 Å². The van der Waals surface area contributed by atoms with Crippen LogP contribution in [0.2, 0.25) is 0 Å². The number of amidine groups is 1. The first-order valence-corrected chi connectivity index (χ1v) is 4.89. The van der Waals surface area contributed by atoms with Crippen LogP contribution < -0.4 is 0 Å². The van der Waals surface area contributed by atoms with Crippen LogP contribution in [0.5, 0.6) is 0 Å². The van der Waals surface area contributed by atoms with Crippen LogP contribution in [0.4, 0.5) is 13.2 Å². The molecule has 2 rings (SSSR count). The van der Waals surface area contributed by atoms with Gasteiger partial charge in [-0.05, 0) is 12.2 Å². The van der Waals surface area contributed by atoms with Crippen molar-refractivity contribution < 1.29 is 27.9 Å². The molecule has 0 saturated carbocycles. The number of halogens is 3. The SMILES string of the molecule is O=C1CC(C(=O)O)N2C=C(C(F)(F)F)C=CC2=N1. The van der Waals surface area contributed by atoms with Gasteiger partial charge in [0.25, 0.3) is 0 Å². The van der Waals surface area contributed by atoms with E-state index in [1.54, 1.807) is 0 Å². The molecule has 1 atom stereocenters. The van der Waals surface area contributed by atoms with E-state index < -0.39 is 36.1 Å². The molecule has 18 heavy (non-hydrogen) atoms. The van der Waals surface area contributed by atoms with Gasteiger partial charge in [-0.2, -0.15) is 18.2 Å². The lowest BCUT2D eigenvalue weighted by molar-refractivity contribution is -0.143. The molecule has 8 heteroatoms. The molecular weight excluding hydrogens is 253 g/mol. The monoisotopic (exact) mass is 260 g/mol. The van der Waals surface area contributed by atoms with Crippen molar-refractivity contribution in [2.45, 2.75) is 18.6 Å².